The number of aromatic nitrogens is 3. The van der Waals surface area contributed by atoms with Crippen LogP contribution in [0, 0.1) is 54.4 Å². The molecular formula is C67H66BBrClF4N7O5U. The number of carbonyl (C=O) groups is 2. The van der Waals surface area contributed by atoms with E-state index in [1.54, 1.807) is 61.3 Å². The van der Waals surface area contributed by atoms with Crippen LogP contribution >= 0.6 is 27.5 Å². The molecule has 0 aliphatic heterocycles. The maximum absolute atomic E-state index is 13.8. The van der Waals surface area contributed by atoms with Gasteiger partial charge in [-0.15, -0.1) is 0 Å². The van der Waals surface area contributed by atoms with Crippen LogP contribution in [-0.2, 0) is 38.8 Å². The monoisotopic (exact) mass is 1490 g/mol. The summed E-state index contributed by atoms with van der Waals surface area (Å²) in [6.45, 7) is 5.86. The number of aryl methyl sites for hydroxylation is 2. The second-order valence-corrected chi connectivity index (χ2v) is 21.4. The summed E-state index contributed by atoms with van der Waals surface area (Å²) in [6.07, 6.45) is 8.77. The Morgan fingerprint density at radius 2 is 1.06 bits per heavy atom. The molecule has 0 aliphatic rings. The largest absolute Gasteiger partial charge is 0.478 e. The quantitative estimate of drug-likeness (QED) is 0.0231. The number of hydrogen-bond acceptors (Lipinski definition) is 10. The van der Waals surface area contributed by atoms with E-state index in [2.05, 4.69) is 93.3 Å². The molecule has 10 rings (SSSR count). The third kappa shape index (κ3) is 22.7. The van der Waals surface area contributed by atoms with Crippen molar-refractivity contribution in [2.75, 3.05) is 13.1 Å². The summed E-state index contributed by atoms with van der Waals surface area (Å²) in [7, 11) is 3.75. The maximum Gasteiger partial charge on any atom is 0.335 e. The molecule has 0 bridgehead atoms. The number of pyridine rings is 3. The molecule has 20 heteroatoms. The van der Waals surface area contributed by atoms with Gasteiger partial charge in [0, 0.05) is 141 Å². The number of amides is 1. The van der Waals surface area contributed by atoms with E-state index in [4.69, 9.17) is 23.8 Å². The fourth-order valence-corrected chi connectivity index (χ4v) is 9.73. The number of fused-ring (bicyclic) bond motifs is 3. The smallest absolute Gasteiger partial charge is 0.335 e. The van der Waals surface area contributed by atoms with Gasteiger partial charge in [-0.05, 0) is 155 Å². The number of aliphatic hydroxyl groups excluding tert-OH is 2. The van der Waals surface area contributed by atoms with Crippen molar-refractivity contribution in [3.63, 3.8) is 0 Å². The van der Waals surface area contributed by atoms with Crippen LogP contribution in [0.15, 0.2) is 193 Å². The van der Waals surface area contributed by atoms with Crippen molar-refractivity contribution >= 4 is 80.1 Å². The fraction of sp³-hybridized carbons (Fsp3) is 0.209. The summed E-state index contributed by atoms with van der Waals surface area (Å²) in [4.78, 5) is 35.7. The number of carbonyl (C=O) groups excluding carboxylic acids is 1. The van der Waals surface area contributed by atoms with E-state index >= 15 is 0 Å². The average Bonchev–Trinajstić information content (AvgIpc) is 2.65. The molecule has 87 heavy (non-hydrogen) atoms. The van der Waals surface area contributed by atoms with E-state index in [1.165, 1.54) is 35.4 Å². The first-order valence-electron chi connectivity index (χ1n) is 28.0. The van der Waals surface area contributed by atoms with Crippen molar-refractivity contribution in [1.82, 2.24) is 30.9 Å². The Kier molecular flexibility index (Phi) is 28.5. The van der Waals surface area contributed by atoms with Crippen LogP contribution in [0.4, 0.5) is 17.6 Å². The maximum atomic E-state index is 13.8. The molecule has 1 amide bonds. The molecule has 0 saturated carbocycles. The molecule has 10 aromatic rings. The number of carboxylic acid groups (broad SMARTS) is 1. The van der Waals surface area contributed by atoms with Gasteiger partial charge in [-0.2, -0.15) is 0 Å². The second kappa shape index (κ2) is 35.8. The van der Waals surface area contributed by atoms with Crippen LogP contribution in [0.1, 0.15) is 67.9 Å². The Labute approximate surface area is 543 Å². The van der Waals surface area contributed by atoms with Gasteiger partial charge in [0.1, 0.15) is 28.4 Å². The zero-order valence-electron chi connectivity index (χ0n) is 48.8. The molecule has 0 aliphatic carbocycles. The minimum Gasteiger partial charge on any atom is -0.478 e. The van der Waals surface area contributed by atoms with E-state index in [0.29, 0.717) is 47.0 Å². The summed E-state index contributed by atoms with van der Waals surface area (Å²) >= 11 is 9.28. The second-order valence-electron chi connectivity index (χ2n) is 20.1. The standard InChI is InChI=1S/C29H29F2N3O2.C19H24F2N2O.C10H7NO2.C9H5BrClN.BH.U/c1-2-19-4-3-5-20(10-19)16-33-18-28(35)27(13-21-11-25(30)15-26(31)12-21)34-29(36)23-7-6-22-8-9-32-17-24(22)14-23;1-2-13-4-3-5-14(6-13)11-23-12-19(24)18(22)9-15-7-16(20)10-17(21)8-15;12-10(13)8-2-1-7-3-4-11-6-9(7)5-8;10-7-2-1-6-3-4-12-9(11)8(6)5-7;;/h3-12,14-15,17,27-28,33,35H,2,13,16,18H2,1H3,(H,34,36);3-8,10,18-19,23-24H,2,9,11-12,22H2,1H3;1-6H,(H,12,13);1-5H;1H;/t27-,28+;18-,19+;;;;/m00..../s1/i;;;;1T;. The number of aliphatic hydroxyl groups is 2. The molecule has 0 unspecified atom stereocenters. The molecule has 0 fully saturated rings. The number of nitrogens with zero attached hydrogens (tertiary/aromatic N) is 3. The number of aromatic carboxylic acids is 1. The Hall–Kier alpha value is -6.88. The van der Waals surface area contributed by atoms with Crippen molar-refractivity contribution in [1.29, 1.82) is 1.34 Å². The number of benzene rings is 7. The first-order chi connectivity index (χ1) is 41.9. The van der Waals surface area contributed by atoms with Gasteiger partial charge in [0.25, 0.3) is 5.91 Å². The van der Waals surface area contributed by atoms with Crippen LogP contribution in [0.2, 0.25) is 5.15 Å². The topological polar surface area (TPSA) is 196 Å². The molecule has 0 saturated heterocycles. The fourth-order valence-electron chi connectivity index (χ4n) is 9.15. The first-order valence-corrected chi connectivity index (χ1v) is 28.6. The summed E-state index contributed by atoms with van der Waals surface area (Å²) in [6, 6.07) is 43.3. The average molecular weight is 1490 g/mol. The molecule has 2 radical (unpaired) electrons. The molecule has 448 valence electrons. The number of hydrogen-bond donors (Lipinski definition) is 7. The van der Waals surface area contributed by atoms with Crippen molar-refractivity contribution in [3.05, 3.63) is 266 Å². The van der Waals surface area contributed by atoms with Gasteiger partial charge in [-0.3, -0.25) is 14.8 Å². The number of nitrogens with one attached hydrogen (secondary N) is 3. The zero-order valence-corrected chi connectivity index (χ0v) is 54.3. The van der Waals surface area contributed by atoms with Crippen LogP contribution < -0.4 is 21.7 Å². The van der Waals surface area contributed by atoms with Crippen LogP contribution in [0.25, 0.3) is 32.3 Å². The number of nitrogens with two attached hydrogens (primary N) is 1. The summed E-state index contributed by atoms with van der Waals surface area (Å²) in [5, 5.41) is 45.3. The molecule has 4 atom stereocenters. The molecule has 3 heterocycles. The summed E-state index contributed by atoms with van der Waals surface area (Å²) in [5.41, 5.74) is 12.1. The van der Waals surface area contributed by atoms with Crippen molar-refractivity contribution < 1.29 is 73.6 Å². The Bertz CT molecular complexity index is 3830. The predicted molar refractivity (Wildman–Crippen MR) is 338 cm³/mol. The first kappa shape index (κ1) is 69.2. The van der Waals surface area contributed by atoms with Crippen LogP contribution in [-0.4, -0.2) is 89.2 Å². The van der Waals surface area contributed by atoms with Gasteiger partial charge in [0.2, 0.25) is 0 Å². The Morgan fingerprint density at radius 3 is 1.59 bits per heavy atom. The number of rotatable bonds is 19. The van der Waals surface area contributed by atoms with Gasteiger partial charge in [0.15, 0.2) is 0 Å². The molecular weight excluding hydrogens is 1420 g/mol. The number of carboxylic acids is 1. The van der Waals surface area contributed by atoms with Crippen molar-refractivity contribution in [2.24, 2.45) is 5.73 Å². The Morgan fingerprint density at radius 1 is 0.586 bits per heavy atom. The van der Waals surface area contributed by atoms with Crippen LogP contribution in [0.5, 0.6) is 0 Å². The van der Waals surface area contributed by atoms with Gasteiger partial charge < -0.3 is 37.0 Å². The van der Waals surface area contributed by atoms with Gasteiger partial charge in [-0.25, -0.2) is 27.3 Å². The zero-order chi connectivity index (χ0) is 62.8. The summed E-state index contributed by atoms with van der Waals surface area (Å²) < 4.78 is 60.2. The van der Waals surface area contributed by atoms with Gasteiger partial charge in [-0.1, -0.05) is 108 Å². The minimum absolute atomic E-state index is 0. The van der Waals surface area contributed by atoms with E-state index in [0.717, 1.165) is 72.9 Å². The minimum atomic E-state index is -1.00. The van der Waals surface area contributed by atoms with Crippen molar-refractivity contribution in [3.8, 4) is 0 Å². The third-order valence-electron chi connectivity index (χ3n) is 13.7. The molecule has 3 aromatic heterocycles. The van der Waals surface area contributed by atoms with Crippen molar-refractivity contribution in [2.45, 2.75) is 76.9 Å². The van der Waals surface area contributed by atoms with Gasteiger partial charge >= 0.3 is 5.97 Å². The van der Waals surface area contributed by atoms with E-state index in [-0.39, 0.29) is 50.5 Å². The Balaban J connectivity index is 0.000000232. The van der Waals surface area contributed by atoms with E-state index in [1.807, 2.05) is 66.7 Å². The SMILES string of the molecule is CCc1cccc(CNC[C@@H](O)[C@@H](N)Cc2cc(F)cc(F)c2)c1.CCc1cccc(CNC[C@@H](O)[C@H](Cc2cc(F)cc(F)c2)NC(=O)c2ccc3ccncc3c2)c1.Clc1nccc2ccc(Br)cc12.O=C(O)c1ccc2ccncc2c1.[3H][B].[U]. The van der Waals surface area contributed by atoms with E-state index < -0.39 is 59.4 Å². The third-order valence-corrected chi connectivity index (χ3v) is 14.5. The predicted octanol–water partition coefficient (Wildman–Crippen LogP) is 12.1. The molecule has 7 aromatic carbocycles. The summed E-state index contributed by atoms with van der Waals surface area (Å²) in [5.74, 6) is -4.00. The molecule has 0 spiro atoms. The number of halogens is 6. The molecule has 12 nitrogen and oxygen atoms in total. The van der Waals surface area contributed by atoms with Gasteiger partial charge in [0.05, 0.1) is 23.8 Å². The van der Waals surface area contributed by atoms with E-state index in [9.17, 15) is 37.4 Å². The normalized spacial score (nSPS) is 12.1. The van der Waals surface area contributed by atoms with Crippen LogP contribution in [0.3, 0.4) is 0 Å². The molecule has 8 N–H and O–H groups in total.